The fraction of sp³-hybridized carbons (Fsp3) is 0.700. The second-order valence-electron chi connectivity index (χ2n) is 7.52. The van der Waals surface area contributed by atoms with Crippen LogP contribution in [0.15, 0.2) is 18.2 Å². The number of aliphatic hydroxyl groups is 1. The van der Waals surface area contributed by atoms with Crippen LogP contribution in [0.3, 0.4) is 0 Å². The maximum absolute atomic E-state index is 10.6. The van der Waals surface area contributed by atoms with Crippen LogP contribution in [0.4, 0.5) is 0 Å². The number of ether oxygens (including phenoxy) is 1. The zero-order chi connectivity index (χ0) is 17.0. The molecular weight excluding hydrogens is 300 g/mol. The normalized spacial score (nSPS) is 26.0. The summed E-state index contributed by atoms with van der Waals surface area (Å²) in [5.41, 5.74) is 2.12. The van der Waals surface area contributed by atoms with Gasteiger partial charge in [0.15, 0.2) is 0 Å². The van der Waals surface area contributed by atoms with Crippen LogP contribution in [0.5, 0.6) is 5.75 Å². The van der Waals surface area contributed by atoms with Crippen LogP contribution in [-0.4, -0.2) is 53.8 Å². The number of methoxy groups -OCH3 is 1. The number of rotatable bonds is 6. The minimum atomic E-state index is -0.497. The van der Waals surface area contributed by atoms with E-state index in [0.717, 1.165) is 51.2 Å². The Balaban J connectivity index is 1.69. The molecule has 0 aliphatic carbocycles. The summed E-state index contributed by atoms with van der Waals surface area (Å²) in [6.45, 7) is 8.25. The largest absolute Gasteiger partial charge is 0.496 e. The highest BCUT2D eigenvalue weighted by Crippen LogP contribution is 2.27. The molecule has 0 bridgehead atoms. The summed E-state index contributed by atoms with van der Waals surface area (Å²) in [4.78, 5) is 4.91. The maximum atomic E-state index is 10.6. The zero-order valence-electron chi connectivity index (χ0n) is 15.3. The Morgan fingerprint density at radius 2 is 1.83 bits per heavy atom. The van der Waals surface area contributed by atoms with Crippen molar-refractivity contribution in [2.75, 3.05) is 33.3 Å². The van der Waals surface area contributed by atoms with E-state index < -0.39 is 5.60 Å². The number of hydrogen-bond donors (Lipinski definition) is 1. The molecule has 2 saturated heterocycles. The number of nitrogens with zero attached hydrogens (tertiary/aromatic N) is 2. The van der Waals surface area contributed by atoms with Gasteiger partial charge in [-0.1, -0.05) is 13.0 Å². The summed E-state index contributed by atoms with van der Waals surface area (Å²) >= 11 is 0. The number of hydrogen-bond acceptors (Lipinski definition) is 4. The molecule has 2 aliphatic heterocycles. The first-order chi connectivity index (χ1) is 11.6. The second kappa shape index (κ2) is 7.85. The van der Waals surface area contributed by atoms with E-state index in [9.17, 15) is 5.11 Å². The molecule has 1 aromatic rings. The molecule has 1 unspecified atom stereocenters. The number of likely N-dealkylation sites (tertiary alicyclic amines) is 2. The van der Waals surface area contributed by atoms with Gasteiger partial charge in [-0.05, 0) is 69.4 Å². The average Bonchev–Trinajstić information content (AvgIpc) is 3.08. The van der Waals surface area contributed by atoms with E-state index in [-0.39, 0.29) is 0 Å². The van der Waals surface area contributed by atoms with Crippen molar-refractivity contribution in [2.45, 2.75) is 57.7 Å². The molecule has 0 spiro atoms. The van der Waals surface area contributed by atoms with E-state index in [2.05, 4.69) is 34.9 Å². The van der Waals surface area contributed by atoms with Gasteiger partial charge >= 0.3 is 0 Å². The maximum Gasteiger partial charge on any atom is 0.123 e. The summed E-state index contributed by atoms with van der Waals surface area (Å²) in [5, 5.41) is 10.6. The Morgan fingerprint density at radius 3 is 2.54 bits per heavy atom. The molecule has 1 N–H and O–H groups in total. The van der Waals surface area contributed by atoms with E-state index >= 15 is 0 Å². The summed E-state index contributed by atoms with van der Waals surface area (Å²) < 4.78 is 5.57. The third kappa shape index (κ3) is 4.29. The molecule has 4 heteroatoms. The van der Waals surface area contributed by atoms with E-state index in [1.165, 1.54) is 37.1 Å². The molecular formula is C20H32N2O2. The molecule has 0 aromatic heterocycles. The lowest BCUT2D eigenvalue weighted by molar-refractivity contribution is -0.0357. The third-order valence-corrected chi connectivity index (χ3v) is 5.64. The monoisotopic (exact) mass is 332 g/mol. The highest BCUT2D eigenvalue weighted by atomic mass is 16.5. The minimum absolute atomic E-state index is 0.497. The van der Waals surface area contributed by atoms with E-state index in [4.69, 9.17) is 4.74 Å². The van der Waals surface area contributed by atoms with Gasteiger partial charge in [0.1, 0.15) is 5.75 Å². The fourth-order valence-corrected chi connectivity index (χ4v) is 4.12. The van der Waals surface area contributed by atoms with Crippen LogP contribution in [-0.2, 0) is 13.1 Å². The lowest BCUT2D eigenvalue weighted by Crippen LogP contribution is -2.47. The Morgan fingerprint density at radius 1 is 1.08 bits per heavy atom. The molecule has 4 nitrogen and oxygen atoms in total. The number of β-amino-alcohol motifs (C(OH)–C–C–N with tert-alkyl or cyclic N) is 1. The van der Waals surface area contributed by atoms with Crippen LogP contribution in [0.25, 0.3) is 0 Å². The summed E-state index contributed by atoms with van der Waals surface area (Å²) in [5.74, 6) is 0.995. The smallest absolute Gasteiger partial charge is 0.123 e. The van der Waals surface area contributed by atoms with Crippen molar-refractivity contribution >= 4 is 0 Å². The predicted octanol–water partition coefficient (Wildman–Crippen LogP) is 3.03. The molecule has 0 amide bonds. The quantitative estimate of drug-likeness (QED) is 0.869. The van der Waals surface area contributed by atoms with E-state index in [0.29, 0.717) is 0 Å². The number of benzene rings is 1. The van der Waals surface area contributed by atoms with Gasteiger partial charge in [-0.3, -0.25) is 9.80 Å². The summed E-state index contributed by atoms with van der Waals surface area (Å²) in [6, 6.07) is 6.58. The molecule has 3 rings (SSSR count). The molecule has 24 heavy (non-hydrogen) atoms. The molecule has 2 aliphatic rings. The topological polar surface area (TPSA) is 35.9 Å². The molecule has 0 radical (unpaired) electrons. The van der Waals surface area contributed by atoms with Gasteiger partial charge in [0.2, 0.25) is 0 Å². The van der Waals surface area contributed by atoms with Crippen molar-refractivity contribution in [3.05, 3.63) is 29.3 Å². The van der Waals surface area contributed by atoms with Crippen molar-refractivity contribution < 1.29 is 9.84 Å². The molecule has 2 fully saturated rings. The van der Waals surface area contributed by atoms with Crippen LogP contribution in [0, 0.1) is 0 Å². The Hall–Kier alpha value is -1.10. The van der Waals surface area contributed by atoms with Crippen molar-refractivity contribution in [1.29, 1.82) is 0 Å². The second-order valence-corrected chi connectivity index (χ2v) is 7.52. The van der Waals surface area contributed by atoms with Gasteiger partial charge in [-0.25, -0.2) is 0 Å². The lowest BCUT2D eigenvalue weighted by Gasteiger charge is -2.38. The lowest BCUT2D eigenvalue weighted by atomic mass is 9.90. The standard InChI is InChI=1S/C20H32N2O2/c1-3-20(23)9-6-12-22(16-20)14-17-7-8-19(24-2)18(13-17)15-21-10-4-5-11-21/h7-8,13,23H,3-6,9-12,14-16H2,1-2H3. The predicted molar refractivity (Wildman–Crippen MR) is 97.3 cm³/mol. The van der Waals surface area contributed by atoms with E-state index in [1.54, 1.807) is 7.11 Å². The minimum Gasteiger partial charge on any atom is -0.496 e. The Bertz CT molecular complexity index is 542. The van der Waals surface area contributed by atoms with Gasteiger partial charge in [0.25, 0.3) is 0 Å². The van der Waals surface area contributed by atoms with Crippen molar-refractivity contribution in [2.24, 2.45) is 0 Å². The van der Waals surface area contributed by atoms with Gasteiger partial charge in [0.05, 0.1) is 12.7 Å². The average molecular weight is 332 g/mol. The van der Waals surface area contributed by atoms with Crippen molar-refractivity contribution in [1.82, 2.24) is 9.80 Å². The SMILES string of the molecule is CCC1(O)CCCN(Cc2ccc(OC)c(CN3CCCC3)c2)C1. The summed E-state index contributed by atoms with van der Waals surface area (Å²) in [6.07, 6.45) is 5.48. The molecule has 2 heterocycles. The van der Waals surface area contributed by atoms with Gasteiger partial charge in [-0.15, -0.1) is 0 Å². The van der Waals surface area contributed by atoms with Crippen molar-refractivity contribution in [3.63, 3.8) is 0 Å². The first-order valence-electron chi connectivity index (χ1n) is 9.45. The Labute approximate surface area is 146 Å². The molecule has 134 valence electrons. The first kappa shape index (κ1) is 17.7. The van der Waals surface area contributed by atoms with Crippen LogP contribution < -0.4 is 4.74 Å². The highest BCUT2D eigenvalue weighted by molar-refractivity contribution is 5.37. The fourth-order valence-electron chi connectivity index (χ4n) is 4.12. The van der Waals surface area contributed by atoms with Crippen LogP contribution in [0.2, 0.25) is 0 Å². The van der Waals surface area contributed by atoms with Crippen LogP contribution >= 0.6 is 0 Å². The van der Waals surface area contributed by atoms with E-state index in [1.807, 2.05) is 0 Å². The first-order valence-corrected chi connectivity index (χ1v) is 9.45. The summed E-state index contributed by atoms with van der Waals surface area (Å²) in [7, 11) is 1.76. The zero-order valence-corrected chi connectivity index (χ0v) is 15.3. The van der Waals surface area contributed by atoms with Gasteiger partial charge < -0.3 is 9.84 Å². The third-order valence-electron chi connectivity index (χ3n) is 5.64. The molecule has 1 aromatic carbocycles. The molecule has 0 saturated carbocycles. The Kier molecular flexibility index (Phi) is 5.80. The molecule has 1 atom stereocenters. The van der Waals surface area contributed by atoms with Crippen LogP contribution in [0.1, 0.15) is 50.2 Å². The van der Waals surface area contributed by atoms with Crippen molar-refractivity contribution in [3.8, 4) is 5.75 Å². The number of piperidine rings is 1. The van der Waals surface area contributed by atoms with Gasteiger partial charge in [-0.2, -0.15) is 0 Å². The highest BCUT2D eigenvalue weighted by Gasteiger charge is 2.31. The van der Waals surface area contributed by atoms with Gasteiger partial charge in [0, 0.05) is 25.2 Å².